The van der Waals surface area contributed by atoms with Gasteiger partial charge in [0.2, 0.25) is 0 Å². The fourth-order valence-electron chi connectivity index (χ4n) is 3.01. The van der Waals surface area contributed by atoms with Gasteiger partial charge < -0.3 is 14.8 Å². The Bertz CT molecular complexity index is 576. The van der Waals surface area contributed by atoms with Gasteiger partial charge in [0.15, 0.2) is 5.60 Å². The SMILES string of the molecule is COC(=O)C(C)(C)Oc1cccc(C(=O)NCC2CCCCC2)c1. The van der Waals surface area contributed by atoms with Gasteiger partial charge in [0.05, 0.1) is 7.11 Å². The molecule has 0 aliphatic heterocycles. The number of nitrogens with one attached hydrogen (secondary N) is 1. The lowest BCUT2D eigenvalue weighted by Gasteiger charge is -2.24. The molecule has 132 valence electrons. The van der Waals surface area contributed by atoms with Gasteiger partial charge in [-0.1, -0.05) is 25.3 Å². The summed E-state index contributed by atoms with van der Waals surface area (Å²) in [5.74, 6) is 0.479. The van der Waals surface area contributed by atoms with E-state index in [9.17, 15) is 9.59 Å². The Labute approximate surface area is 143 Å². The molecular formula is C19H27NO4. The molecular weight excluding hydrogens is 306 g/mol. The molecule has 0 heterocycles. The van der Waals surface area contributed by atoms with Crippen LogP contribution in [-0.4, -0.2) is 31.1 Å². The Kier molecular flexibility index (Phi) is 6.23. The first-order valence-corrected chi connectivity index (χ1v) is 8.58. The molecule has 0 spiro atoms. The van der Waals surface area contributed by atoms with E-state index in [2.05, 4.69) is 5.32 Å². The molecule has 24 heavy (non-hydrogen) atoms. The second-order valence-electron chi connectivity index (χ2n) is 6.85. The number of benzene rings is 1. The molecule has 0 unspecified atom stereocenters. The molecule has 2 rings (SSSR count). The van der Waals surface area contributed by atoms with Crippen molar-refractivity contribution in [3.8, 4) is 5.75 Å². The van der Waals surface area contributed by atoms with Gasteiger partial charge in [-0.3, -0.25) is 4.79 Å². The molecule has 1 aliphatic rings. The van der Waals surface area contributed by atoms with E-state index < -0.39 is 11.6 Å². The maximum absolute atomic E-state index is 12.3. The normalized spacial score (nSPS) is 15.6. The molecule has 0 aromatic heterocycles. The Morgan fingerprint density at radius 1 is 1.21 bits per heavy atom. The summed E-state index contributed by atoms with van der Waals surface area (Å²) in [4.78, 5) is 24.0. The van der Waals surface area contributed by atoms with Gasteiger partial charge in [-0.15, -0.1) is 0 Å². The minimum absolute atomic E-state index is 0.109. The largest absolute Gasteiger partial charge is 0.476 e. The maximum atomic E-state index is 12.3. The lowest BCUT2D eigenvalue weighted by molar-refractivity contribution is -0.156. The summed E-state index contributed by atoms with van der Waals surface area (Å²) < 4.78 is 10.4. The predicted molar refractivity (Wildman–Crippen MR) is 92.1 cm³/mol. The fraction of sp³-hybridized carbons (Fsp3) is 0.579. The third-order valence-corrected chi connectivity index (χ3v) is 4.42. The molecule has 1 aliphatic carbocycles. The highest BCUT2D eigenvalue weighted by atomic mass is 16.6. The van der Waals surface area contributed by atoms with Crippen molar-refractivity contribution in [2.24, 2.45) is 5.92 Å². The summed E-state index contributed by atoms with van der Waals surface area (Å²) >= 11 is 0. The zero-order chi connectivity index (χ0) is 17.6. The summed E-state index contributed by atoms with van der Waals surface area (Å²) in [6.45, 7) is 3.99. The summed E-state index contributed by atoms with van der Waals surface area (Å²) in [6, 6.07) is 6.87. The van der Waals surface area contributed by atoms with E-state index in [-0.39, 0.29) is 5.91 Å². The van der Waals surface area contributed by atoms with Gasteiger partial charge in [0.1, 0.15) is 5.75 Å². The minimum Gasteiger partial charge on any atom is -0.476 e. The van der Waals surface area contributed by atoms with Crippen LogP contribution in [0.5, 0.6) is 5.75 Å². The molecule has 1 saturated carbocycles. The molecule has 0 atom stereocenters. The molecule has 0 radical (unpaired) electrons. The topological polar surface area (TPSA) is 64.6 Å². The lowest BCUT2D eigenvalue weighted by Crippen LogP contribution is -2.39. The van der Waals surface area contributed by atoms with Crippen molar-refractivity contribution in [1.29, 1.82) is 0 Å². The van der Waals surface area contributed by atoms with Gasteiger partial charge in [0.25, 0.3) is 5.91 Å². The van der Waals surface area contributed by atoms with Crippen molar-refractivity contribution in [2.45, 2.75) is 51.6 Å². The molecule has 1 aromatic carbocycles. The van der Waals surface area contributed by atoms with Crippen LogP contribution in [-0.2, 0) is 9.53 Å². The van der Waals surface area contributed by atoms with Crippen LogP contribution in [0.1, 0.15) is 56.3 Å². The van der Waals surface area contributed by atoms with Crippen LogP contribution in [0.25, 0.3) is 0 Å². The van der Waals surface area contributed by atoms with Crippen LogP contribution in [0.3, 0.4) is 0 Å². The zero-order valence-electron chi connectivity index (χ0n) is 14.8. The van der Waals surface area contributed by atoms with Crippen molar-refractivity contribution >= 4 is 11.9 Å². The standard InChI is InChI=1S/C19H27NO4/c1-19(2,18(22)23-3)24-16-11-7-10-15(12-16)17(21)20-13-14-8-5-4-6-9-14/h7,10-12,14H,4-6,8-9,13H2,1-3H3,(H,20,21). The minimum atomic E-state index is -1.11. The highest BCUT2D eigenvalue weighted by Gasteiger charge is 2.31. The number of ether oxygens (including phenoxy) is 2. The number of amides is 1. The quantitative estimate of drug-likeness (QED) is 0.811. The third kappa shape index (κ3) is 4.98. The molecule has 5 heteroatoms. The molecule has 0 saturated heterocycles. The third-order valence-electron chi connectivity index (χ3n) is 4.42. The van der Waals surface area contributed by atoms with Crippen molar-refractivity contribution in [1.82, 2.24) is 5.32 Å². The Morgan fingerprint density at radius 2 is 1.92 bits per heavy atom. The van der Waals surface area contributed by atoms with Gasteiger partial charge in [-0.05, 0) is 50.8 Å². The molecule has 1 amide bonds. The Morgan fingerprint density at radius 3 is 2.58 bits per heavy atom. The van der Waals surface area contributed by atoms with Crippen molar-refractivity contribution in [3.63, 3.8) is 0 Å². The Balaban J connectivity index is 1.96. The van der Waals surface area contributed by atoms with Crippen molar-refractivity contribution in [3.05, 3.63) is 29.8 Å². The van der Waals surface area contributed by atoms with Crippen LogP contribution < -0.4 is 10.1 Å². The number of carbonyl (C=O) groups excluding carboxylic acids is 2. The van der Waals surface area contributed by atoms with Gasteiger partial charge in [0, 0.05) is 12.1 Å². The summed E-state index contributed by atoms with van der Waals surface area (Å²) in [7, 11) is 1.32. The highest BCUT2D eigenvalue weighted by Crippen LogP contribution is 2.23. The number of hydrogen-bond acceptors (Lipinski definition) is 4. The second-order valence-corrected chi connectivity index (χ2v) is 6.85. The van der Waals surface area contributed by atoms with E-state index in [4.69, 9.17) is 9.47 Å². The number of carbonyl (C=O) groups is 2. The number of methoxy groups -OCH3 is 1. The number of hydrogen-bond donors (Lipinski definition) is 1. The van der Waals surface area contributed by atoms with Crippen molar-refractivity contribution < 1.29 is 19.1 Å². The van der Waals surface area contributed by atoms with Crippen LogP contribution in [0.4, 0.5) is 0 Å². The van der Waals surface area contributed by atoms with Crippen LogP contribution in [0, 0.1) is 5.92 Å². The van der Waals surface area contributed by atoms with Crippen LogP contribution in [0.15, 0.2) is 24.3 Å². The van der Waals surface area contributed by atoms with E-state index in [1.54, 1.807) is 38.1 Å². The van der Waals surface area contributed by atoms with E-state index in [0.717, 1.165) is 6.54 Å². The first kappa shape index (κ1) is 18.3. The van der Waals surface area contributed by atoms with Crippen molar-refractivity contribution in [2.75, 3.05) is 13.7 Å². The van der Waals surface area contributed by atoms with E-state index >= 15 is 0 Å². The van der Waals surface area contributed by atoms with E-state index in [1.807, 2.05) is 0 Å². The van der Waals surface area contributed by atoms with Crippen LogP contribution in [0.2, 0.25) is 0 Å². The van der Waals surface area contributed by atoms with Gasteiger partial charge >= 0.3 is 5.97 Å². The highest BCUT2D eigenvalue weighted by molar-refractivity contribution is 5.94. The van der Waals surface area contributed by atoms with Gasteiger partial charge in [-0.25, -0.2) is 4.79 Å². The fourth-order valence-corrected chi connectivity index (χ4v) is 3.01. The smallest absolute Gasteiger partial charge is 0.349 e. The molecule has 1 aromatic rings. The van der Waals surface area contributed by atoms with E-state index in [1.165, 1.54) is 39.2 Å². The molecule has 0 bridgehead atoms. The first-order valence-electron chi connectivity index (χ1n) is 8.58. The van der Waals surface area contributed by atoms with Crippen LogP contribution >= 0.6 is 0 Å². The maximum Gasteiger partial charge on any atom is 0.349 e. The predicted octanol–water partition coefficient (Wildman–Crippen LogP) is 3.33. The second kappa shape index (κ2) is 8.18. The average Bonchev–Trinajstić information content (AvgIpc) is 2.59. The zero-order valence-corrected chi connectivity index (χ0v) is 14.8. The molecule has 5 nitrogen and oxygen atoms in total. The monoisotopic (exact) mass is 333 g/mol. The molecule has 1 N–H and O–H groups in total. The Hall–Kier alpha value is -2.04. The number of esters is 1. The summed E-state index contributed by atoms with van der Waals surface area (Å²) in [5.41, 5.74) is -0.574. The average molecular weight is 333 g/mol. The first-order chi connectivity index (χ1) is 11.4. The summed E-state index contributed by atoms with van der Waals surface area (Å²) in [6.07, 6.45) is 6.20. The lowest BCUT2D eigenvalue weighted by atomic mass is 9.89. The van der Waals surface area contributed by atoms with Gasteiger partial charge in [-0.2, -0.15) is 0 Å². The van der Waals surface area contributed by atoms with E-state index in [0.29, 0.717) is 17.2 Å². The molecule has 1 fully saturated rings. The summed E-state index contributed by atoms with van der Waals surface area (Å²) in [5, 5.41) is 3.01. The number of rotatable bonds is 6.